The largest absolute Gasteiger partial charge is 0.444 e. The number of carbonyl (C=O) groups excluding carboxylic acids is 1. The zero-order chi connectivity index (χ0) is 16.8. The Kier molecular flexibility index (Phi) is 7.17. The Bertz CT molecular complexity index is 343. The van der Waals surface area contributed by atoms with E-state index < -0.39 is 5.60 Å². The predicted molar refractivity (Wildman–Crippen MR) is 92.1 cm³/mol. The Morgan fingerprint density at radius 1 is 1.18 bits per heavy atom. The first-order valence-corrected chi connectivity index (χ1v) is 8.81. The number of hydrogen-bond acceptors (Lipinski definition) is 3. The van der Waals surface area contributed by atoms with Gasteiger partial charge in [-0.15, -0.1) is 0 Å². The molecule has 22 heavy (non-hydrogen) atoms. The number of ether oxygens (including phenoxy) is 1. The molecule has 4 heteroatoms. The quantitative estimate of drug-likeness (QED) is 0.744. The summed E-state index contributed by atoms with van der Waals surface area (Å²) in [7, 11) is 0. The summed E-state index contributed by atoms with van der Waals surface area (Å²) in [6, 6.07) is 0. The normalized spacial score (nSPS) is 19.2. The van der Waals surface area contributed by atoms with Crippen molar-refractivity contribution in [2.75, 3.05) is 13.1 Å². The Hall–Kier alpha value is -0.770. The highest BCUT2D eigenvalue weighted by atomic mass is 16.6. The van der Waals surface area contributed by atoms with E-state index in [9.17, 15) is 4.79 Å². The van der Waals surface area contributed by atoms with Gasteiger partial charge in [-0.3, -0.25) is 0 Å². The Labute approximate surface area is 136 Å². The molecule has 0 aromatic heterocycles. The number of hydrogen-bond donors (Lipinski definition) is 2. The topological polar surface area (TPSA) is 50.4 Å². The summed E-state index contributed by atoms with van der Waals surface area (Å²) in [5.41, 5.74) is -0.524. The third kappa shape index (κ3) is 8.02. The van der Waals surface area contributed by atoms with Gasteiger partial charge in [0.05, 0.1) is 0 Å². The van der Waals surface area contributed by atoms with Gasteiger partial charge in [0.1, 0.15) is 5.60 Å². The smallest absolute Gasteiger partial charge is 0.407 e. The molecule has 1 rings (SSSR count). The summed E-state index contributed by atoms with van der Waals surface area (Å²) in [6.07, 6.45) is 6.11. The molecule has 1 fully saturated rings. The van der Waals surface area contributed by atoms with E-state index in [0.29, 0.717) is 12.5 Å². The van der Waals surface area contributed by atoms with E-state index in [0.717, 1.165) is 18.9 Å². The summed E-state index contributed by atoms with van der Waals surface area (Å²) < 4.78 is 5.34. The van der Waals surface area contributed by atoms with Gasteiger partial charge in [-0.25, -0.2) is 4.79 Å². The molecule has 0 bridgehead atoms. The summed E-state index contributed by atoms with van der Waals surface area (Å²) in [5, 5.41) is 6.65. The minimum absolute atomic E-state index is 0.0757. The van der Waals surface area contributed by atoms with Crippen molar-refractivity contribution in [3.8, 4) is 0 Å². The van der Waals surface area contributed by atoms with Crippen LogP contribution in [0.3, 0.4) is 0 Å². The van der Waals surface area contributed by atoms with Gasteiger partial charge in [0, 0.05) is 12.1 Å². The molecule has 1 aliphatic carbocycles. The van der Waals surface area contributed by atoms with Gasteiger partial charge < -0.3 is 15.4 Å². The van der Waals surface area contributed by atoms with Crippen LogP contribution in [-0.4, -0.2) is 30.3 Å². The molecule has 0 aromatic rings. The maximum absolute atomic E-state index is 11.9. The lowest BCUT2D eigenvalue weighted by Crippen LogP contribution is -2.53. The van der Waals surface area contributed by atoms with E-state index in [2.05, 4.69) is 31.4 Å². The first-order valence-electron chi connectivity index (χ1n) is 8.81. The van der Waals surface area contributed by atoms with Crippen molar-refractivity contribution in [1.82, 2.24) is 10.6 Å². The second kappa shape index (κ2) is 8.19. The fourth-order valence-corrected chi connectivity index (χ4v) is 3.29. The molecule has 0 aromatic carbocycles. The summed E-state index contributed by atoms with van der Waals surface area (Å²) in [4.78, 5) is 11.9. The van der Waals surface area contributed by atoms with Crippen molar-refractivity contribution in [3.63, 3.8) is 0 Å². The van der Waals surface area contributed by atoms with E-state index in [1.54, 1.807) is 0 Å². The summed E-state index contributed by atoms with van der Waals surface area (Å²) in [6.45, 7) is 14.0. The summed E-state index contributed by atoms with van der Waals surface area (Å²) in [5.74, 6) is 1.38. The van der Waals surface area contributed by atoms with Crippen LogP contribution in [-0.2, 0) is 4.74 Å². The van der Waals surface area contributed by atoms with E-state index in [-0.39, 0.29) is 11.6 Å². The van der Waals surface area contributed by atoms with Gasteiger partial charge in [-0.1, -0.05) is 26.7 Å². The molecule has 0 radical (unpaired) electrons. The number of carbonyl (C=O) groups is 1. The van der Waals surface area contributed by atoms with Crippen LogP contribution >= 0.6 is 0 Å². The molecule has 0 spiro atoms. The van der Waals surface area contributed by atoms with Crippen molar-refractivity contribution in [2.45, 2.75) is 84.8 Å². The number of amides is 1. The standard InChI is InChI=1S/C18H36N2O2/c1-14(2)11-18(6,20-12-15-9-7-8-10-15)13-19-16(21)22-17(3,4)5/h14-15,20H,7-13H2,1-6H3,(H,19,21). The van der Waals surface area contributed by atoms with Crippen LogP contribution in [0.15, 0.2) is 0 Å². The highest BCUT2D eigenvalue weighted by Gasteiger charge is 2.28. The molecule has 4 nitrogen and oxygen atoms in total. The predicted octanol–water partition coefficient (Wildman–Crippen LogP) is 4.10. The number of rotatable bonds is 7. The molecule has 0 heterocycles. The van der Waals surface area contributed by atoms with Crippen molar-refractivity contribution in [3.05, 3.63) is 0 Å². The van der Waals surface area contributed by atoms with Crippen LogP contribution < -0.4 is 10.6 Å². The van der Waals surface area contributed by atoms with Gasteiger partial charge >= 0.3 is 6.09 Å². The highest BCUT2D eigenvalue weighted by molar-refractivity contribution is 5.67. The Balaban J connectivity index is 2.48. The molecule has 1 amide bonds. The van der Waals surface area contributed by atoms with Crippen LogP contribution in [0.25, 0.3) is 0 Å². The molecule has 2 N–H and O–H groups in total. The van der Waals surface area contributed by atoms with E-state index >= 15 is 0 Å². The Morgan fingerprint density at radius 2 is 1.77 bits per heavy atom. The monoisotopic (exact) mass is 312 g/mol. The minimum Gasteiger partial charge on any atom is -0.444 e. The van der Waals surface area contributed by atoms with Gasteiger partial charge in [0.25, 0.3) is 0 Å². The third-order valence-corrected chi connectivity index (χ3v) is 4.17. The first kappa shape index (κ1) is 19.3. The molecule has 1 atom stereocenters. The average molecular weight is 312 g/mol. The van der Waals surface area contributed by atoms with E-state index in [1.807, 2.05) is 20.8 Å². The van der Waals surface area contributed by atoms with Gasteiger partial charge in [-0.05, 0) is 65.3 Å². The van der Waals surface area contributed by atoms with Gasteiger partial charge in [0.2, 0.25) is 0 Å². The Morgan fingerprint density at radius 3 is 2.27 bits per heavy atom. The van der Waals surface area contributed by atoms with Gasteiger partial charge in [-0.2, -0.15) is 0 Å². The van der Waals surface area contributed by atoms with Crippen molar-refractivity contribution < 1.29 is 9.53 Å². The SMILES string of the molecule is CC(C)CC(C)(CNC(=O)OC(C)(C)C)NCC1CCCC1. The zero-order valence-electron chi connectivity index (χ0n) is 15.4. The first-order chi connectivity index (χ1) is 10.1. The second-order valence-corrected chi connectivity index (χ2v) is 8.55. The van der Waals surface area contributed by atoms with Crippen molar-refractivity contribution in [1.29, 1.82) is 0 Å². The molecule has 1 unspecified atom stereocenters. The van der Waals surface area contributed by atoms with Crippen LogP contribution in [0.4, 0.5) is 4.79 Å². The average Bonchev–Trinajstić information content (AvgIpc) is 2.84. The molecule has 0 saturated heterocycles. The fraction of sp³-hybridized carbons (Fsp3) is 0.944. The van der Waals surface area contributed by atoms with Crippen LogP contribution in [0, 0.1) is 11.8 Å². The lowest BCUT2D eigenvalue weighted by Gasteiger charge is -2.34. The van der Waals surface area contributed by atoms with Crippen molar-refractivity contribution in [2.24, 2.45) is 11.8 Å². The maximum atomic E-state index is 11.9. The molecular weight excluding hydrogens is 276 g/mol. The maximum Gasteiger partial charge on any atom is 0.407 e. The molecule has 1 saturated carbocycles. The molecule has 1 aliphatic rings. The fourth-order valence-electron chi connectivity index (χ4n) is 3.29. The second-order valence-electron chi connectivity index (χ2n) is 8.55. The lowest BCUT2D eigenvalue weighted by molar-refractivity contribution is 0.0507. The summed E-state index contributed by atoms with van der Waals surface area (Å²) >= 11 is 0. The molecule has 130 valence electrons. The number of alkyl carbamates (subject to hydrolysis) is 1. The van der Waals surface area contributed by atoms with Crippen LogP contribution in [0.5, 0.6) is 0 Å². The molecule has 0 aliphatic heterocycles. The number of nitrogens with one attached hydrogen (secondary N) is 2. The third-order valence-electron chi connectivity index (χ3n) is 4.17. The molecular formula is C18H36N2O2. The van der Waals surface area contributed by atoms with Crippen LogP contribution in [0.1, 0.15) is 73.6 Å². The lowest BCUT2D eigenvalue weighted by atomic mass is 9.89. The van der Waals surface area contributed by atoms with Crippen LogP contribution in [0.2, 0.25) is 0 Å². The minimum atomic E-state index is -0.449. The van der Waals surface area contributed by atoms with Gasteiger partial charge in [0.15, 0.2) is 0 Å². The van der Waals surface area contributed by atoms with E-state index in [4.69, 9.17) is 4.74 Å². The zero-order valence-corrected chi connectivity index (χ0v) is 15.4. The highest BCUT2D eigenvalue weighted by Crippen LogP contribution is 2.25. The van der Waals surface area contributed by atoms with E-state index in [1.165, 1.54) is 25.7 Å². The van der Waals surface area contributed by atoms with Crippen molar-refractivity contribution >= 4 is 6.09 Å².